The van der Waals surface area contributed by atoms with Gasteiger partial charge in [-0.2, -0.15) is 4.39 Å². The fourth-order valence-electron chi connectivity index (χ4n) is 4.10. The average molecular weight is 415 g/mol. The number of aromatic nitrogens is 1. The number of carbonyl (C=O) groups excluding carboxylic acids is 2. The molecule has 3 atom stereocenters. The van der Waals surface area contributed by atoms with Gasteiger partial charge in [0, 0.05) is 35.4 Å². The van der Waals surface area contributed by atoms with Crippen LogP contribution < -0.4 is 16.0 Å². The number of nitrogens with zero attached hydrogens (tertiary/aromatic N) is 1. The molecule has 0 aliphatic carbocycles. The molecule has 1 saturated heterocycles. The van der Waals surface area contributed by atoms with Gasteiger partial charge in [0.25, 0.3) is 0 Å². The van der Waals surface area contributed by atoms with Crippen LogP contribution in [0.5, 0.6) is 0 Å². The lowest BCUT2D eigenvalue weighted by Crippen LogP contribution is -2.48. The molecule has 1 fully saturated rings. The zero-order chi connectivity index (χ0) is 20.5. The molecular formula is C21H20ClFN4O2. The zero-order valence-electron chi connectivity index (χ0n) is 15.5. The van der Waals surface area contributed by atoms with E-state index in [1.54, 1.807) is 18.2 Å². The first-order chi connectivity index (χ1) is 13.9. The second kappa shape index (κ2) is 7.93. The first-order valence-electron chi connectivity index (χ1n) is 9.37. The van der Waals surface area contributed by atoms with Gasteiger partial charge >= 0.3 is 0 Å². The summed E-state index contributed by atoms with van der Waals surface area (Å²) in [6.07, 6.45) is 4.35. The van der Waals surface area contributed by atoms with Crippen LogP contribution in [0, 0.1) is 11.9 Å². The third kappa shape index (κ3) is 4.02. The average Bonchev–Trinajstić information content (AvgIpc) is 2.70. The highest BCUT2D eigenvalue weighted by Gasteiger charge is 2.38. The maximum atomic E-state index is 14.0. The van der Waals surface area contributed by atoms with Gasteiger partial charge in [0.15, 0.2) is 0 Å². The van der Waals surface area contributed by atoms with E-state index >= 15 is 0 Å². The first kappa shape index (κ1) is 19.5. The van der Waals surface area contributed by atoms with Crippen molar-refractivity contribution in [3.63, 3.8) is 0 Å². The van der Waals surface area contributed by atoms with Crippen molar-refractivity contribution in [1.82, 2.24) is 10.3 Å². The van der Waals surface area contributed by atoms with Gasteiger partial charge in [-0.15, -0.1) is 0 Å². The number of nitrogens with one attached hydrogen (secondary N) is 3. The molecule has 2 aromatic rings. The normalized spacial score (nSPS) is 22.3. The van der Waals surface area contributed by atoms with Crippen LogP contribution in [0.15, 0.2) is 43.1 Å². The fraction of sp³-hybridized carbons (Fsp3) is 0.286. The Balaban J connectivity index is 1.45. The highest BCUT2D eigenvalue weighted by molar-refractivity contribution is 6.34. The number of amides is 2. The first-order valence-corrected chi connectivity index (χ1v) is 9.75. The van der Waals surface area contributed by atoms with Crippen LogP contribution >= 0.6 is 11.6 Å². The van der Waals surface area contributed by atoms with Gasteiger partial charge in [-0.1, -0.05) is 18.2 Å². The van der Waals surface area contributed by atoms with Gasteiger partial charge in [-0.25, -0.2) is 4.98 Å². The Bertz CT molecular complexity index is 997. The van der Waals surface area contributed by atoms with Crippen LogP contribution in [0.4, 0.5) is 15.8 Å². The van der Waals surface area contributed by atoms with E-state index in [-0.39, 0.29) is 29.8 Å². The molecule has 2 aliphatic rings. The molecule has 6 nitrogen and oxygen atoms in total. The summed E-state index contributed by atoms with van der Waals surface area (Å²) < 4.78 is 14.0. The third-order valence-corrected chi connectivity index (χ3v) is 5.75. The van der Waals surface area contributed by atoms with E-state index < -0.39 is 5.95 Å². The molecule has 8 heteroatoms. The predicted molar refractivity (Wildman–Crippen MR) is 109 cm³/mol. The van der Waals surface area contributed by atoms with Crippen LogP contribution in [-0.4, -0.2) is 22.8 Å². The molecule has 0 saturated carbocycles. The summed E-state index contributed by atoms with van der Waals surface area (Å²) in [5.41, 5.74) is 2.54. The minimum Gasteiger partial charge on any atom is -0.326 e. The Morgan fingerprint density at radius 2 is 2.10 bits per heavy atom. The number of hydrogen-bond acceptors (Lipinski definition) is 4. The molecule has 3 heterocycles. The van der Waals surface area contributed by atoms with Crippen molar-refractivity contribution in [3.05, 3.63) is 65.2 Å². The molecular weight excluding hydrogens is 395 g/mol. The van der Waals surface area contributed by atoms with E-state index in [9.17, 15) is 14.0 Å². The topological polar surface area (TPSA) is 83.1 Å². The van der Waals surface area contributed by atoms with Crippen LogP contribution in [0.3, 0.4) is 0 Å². The third-order valence-electron chi connectivity index (χ3n) is 5.44. The van der Waals surface area contributed by atoms with E-state index in [0.717, 1.165) is 11.6 Å². The van der Waals surface area contributed by atoms with Crippen molar-refractivity contribution in [2.24, 2.45) is 5.92 Å². The van der Waals surface area contributed by atoms with Crippen molar-refractivity contribution < 1.29 is 14.0 Å². The maximum Gasteiger partial charge on any atom is 0.247 e. The summed E-state index contributed by atoms with van der Waals surface area (Å²) in [5.74, 6) is -1.08. The lowest BCUT2D eigenvalue weighted by atomic mass is 9.77. The molecule has 0 radical (unpaired) electrons. The molecule has 1 aromatic carbocycles. The highest BCUT2D eigenvalue weighted by atomic mass is 35.5. The summed E-state index contributed by atoms with van der Waals surface area (Å²) in [4.78, 5) is 28.0. The number of carbonyl (C=O) groups is 2. The van der Waals surface area contributed by atoms with Gasteiger partial charge < -0.3 is 16.0 Å². The second-order valence-corrected chi connectivity index (χ2v) is 7.74. The molecule has 4 rings (SSSR count). The summed E-state index contributed by atoms with van der Waals surface area (Å²) in [5, 5.41) is 9.30. The standard InChI is InChI=1S/C21H20ClFN4O2/c1-2-19(28)27-17-4-3-12(10-16(17)22)26-21(29)11-7-13-9-15-14(18(8-11)25-13)5-6-24-20(15)23/h2-6,10-11,13,18,25H,1,7-9H2,(H,26,29)(H,27,28)/t11?,13-,18+/m0/s1. The number of fused-ring (bicyclic) bond motifs is 4. The molecule has 29 heavy (non-hydrogen) atoms. The van der Waals surface area contributed by atoms with E-state index in [2.05, 4.69) is 27.5 Å². The molecule has 0 spiro atoms. The Kier molecular flexibility index (Phi) is 5.34. The van der Waals surface area contributed by atoms with E-state index in [4.69, 9.17) is 11.6 Å². The molecule has 2 amide bonds. The molecule has 1 aromatic heterocycles. The summed E-state index contributed by atoms with van der Waals surface area (Å²) in [6, 6.07) is 6.70. The van der Waals surface area contributed by atoms with Crippen LogP contribution in [-0.2, 0) is 16.0 Å². The van der Waals surface area contributed by atoms with Crippen molar-refractivity contribution in [3.8, 4) is 0 Å². The van der Waals surface area contributed by atoms with Crippen molar-refractivity contribution in [2.45, 2.75) is 31.3 Å². The minimum atomic E-state index is -0.417. The van der Waals surface area contributed by atoms with Gasteiger partial charge in [0.2, 0.25) is 17.8 Å². The van der Waals surface area contributed by atoms with E-state index in [0.29, 0.717) is 41.2 Å². The quantitative estimate of drug-likeness (QED) is 0.527. The van der Waals surface area contributed by atoms with Crippen molar-refractivity contribution in [1.29, 1.82) is 0 Å². The Labute approximate surface area is 172 Å². The second-order valence-electron chi connectivity index (χ2n) is 7.34. The predicted octanol–water partition coefficient (Wildman–Crippen LogP) is 3.60. The number of anilines is 2. The van der Waals surface area contributed by atoms with Crippen molar-refractivity contribution in [2.75, 3.05) is 10.6 Å². The largest absolute Gasteiger partial charge is 0.326 e. The van der Waals surface area contributed by atoms with Crippen LogP contribution in [0.1, 0.15) is 30.0 Å². The summed E-state index contributed by atoms with van der Waals surface area (Å²) >= 11 is 6.20. The summed E-state index contributed by atoms with van der Waals surface area (Å²) in [6.45, 7) is 3.40. The number of halogens is 2. The smallest absolute Gasteiger partial charge is 0.247 e. The maximum absolute atomic E-state index is 14.0. The lowest BCUT2D eigenvalue weighted by Gasteiger charge is -2.40. The molecule has 3 N–H and O–H groups in total. The molecule has 1 unspecified atom stereocenters. The summed E-state index contributed by atoms with van der Waals surface area (Å²) in [7, 11) is 0. The highest BCUT2D eigenvalue weighted by Crippen LogP contribution is 2.38. The van der Waals surface area contributed by atoms with Gasteiger partial charge in [0.05, 0.1) is 10.7 Å². The van der Waals surface area contributed by atoms with E-state index in [1.807, 2.05) is 6.07 Å². The number of rotatable bonds is 4. The molecule has 2 aliphatic heterocycles. The number of hydrogen-bond donors (Lipinski definition) is 3. The Morgan fingerprint density at radius 3 is 2.86 bits per heavy atom. The SMILES string of the molecule is C=CC(=O)Nc1ccc(NC(=O)C2C[C@H]3Cc4c(ccnc4F)[C@@H](C2)N3)cc1Cl. The van der Waals surface area contributed by atoms with Crippen LogP contribution in [0.25, 0.3) is 0 Å². The minimum absolute atomic E-state index is 0.0378. The molecule has 2 bridgehead atoms. The number of pyridine rings is 1. The van der Waals surface area contributed by atoms with Crippen molar-refractivity contribution >= 4 is 34.8 Å². The monoisotopic (exact) mass is 414 g/mol. The van der Waals surface area contributed by atoms with Gasteiger partial charge in [-0.3, -0.25) is 9.59 Å². The number of benzene rings is 1. The lowest BCUT2D eigenvalue weighted by molar-refractivity contribution is -0.121. The zero-order valence-corrected chi connectivity index (χ0v) is 16.3. The van der Waals surface area contributed by atoms with Gasteiger partial charge in [-0.05, 0) is 55.2 Å². The Hall–Kier alpha value is -2.77. The van der Waals surface area contributed by atoms with Crippen LogP contribution in [0.2, 0.25) is 5.02 Å². The fourth-order valence-corrected chi connectivity index (χ4v) is 4.32. The van der Waals surface area contributed by atoms with Gasteiger partial charge in [0.1, 0.15) is 0 Å². The van der Waals surface area contributed by atoms with E-state index in [1.165, 1.54) is 6.20 Å². The Morgan fingerprint density at radius 1 is 1.28 bits per heavy atom. The molecule has 150 valence electrons. The number of piperidine rings is 1.